The van der Waals surface area contributed by atoms with Gasteiger partial charge in [0, 0.05) is 11.9 Å². The van der Waals surface area contributed by atoms with E-state index in [-0.39, 0.29) is 5.97 Å². The molecule has 0 amide bonds. The van der Waals surface area contributed by atoms with Crippen LogP contribution in [0.5, 0.6) is 0 Å². The predicted octanol–water partition coefficient (Wildman–Crippen LogP) is 2.91. The minimum Gasteiger partial charge on any atom is -0.460 e. The third-order valence-electron chi connectivity index (χ3n) is 1.61. The SMILES string of the molecule is CC(C)(C)OC(=O)CCSc1ccccn1. The summed E-state index contributed by atoms with van der Waals surface area (Å²) >= 11 is 1.56. The number of pyridine rings is 1. The molecule has 88 valence electrons. The lowest BCUT2D eigenvalue weighted by Crippen LogP contribution is -2.24. The number of nitrogens with zero attached hydrogens (tertiary/aromatic N) is 1. The number of hydrogen-bond donors (Lipinski definition) is 0. The lowest BCUT2D eigenvalue weighted by atomic mass is 10.2. The van der Waals surface area contributed by atoms with Gasteiger partial charge in [-0.25, -0.2) is 4.98 Å². The largest absolute Gasteiger partial charge is 0.460 e. The van der Waals surface area contributed by atoms with E-state index in [1.165, 1.54) is 0 Å². The smallest absolute Gasteiger partial charge is 0.307 e. The van der Waals surface area contributed by atoms with Gasteiger partial charge in [0.25, 0.3) is 0 Å². The molecule has 0 bridgehead atoms. The van der Waals surface area contributed by atoms with Crippen LogP contribution < -0.4 is 0 Å². The Bertz CT molecular complexity index is 333. The van der Waals surface area contributed by atoms with Gasteiger partial charge in [-0.3, -0.25) is 4.79 Å². The van der Waals surface area contributed by atoms with Gasteiger partial charge in [0.2, 0.25) is 0 Å². The highest BCUT2D eigenvalue weighted by Crippen LogP contribution is 2.16. The van der Waals surface area contributed by atoms with Gasteiger partial charge in [-0.15, -0.1) is 11.8 Å². The van der Waals surface area contributed by atoms with Crippen molar-refractivity contribution in [1.29, 1.82) is 0 Å². The van der Waals surface area contributed by atoms with Crippen molar-refractivity contribution in [3.8, 4) is 0 Å². The Morgan fingerprint density at radius 1 is 1.44 bits per heavy atom. The summed E-state index contributed by atoms with van der Waals surface area (Å²) in [5, 5.41) is 0.936. The van der Waals surface area contributed by atoms with Crippen molar-refractivity contribution in [2.75, 3.05) is 5.75 Å². The van der Waals surface area contributed by atoms with Gasteiger partial charge in [-0.2, -0.15) is 0 Å². The fourth-order valence-electron chi connectivity index (χ4n) is 1.06. The molecule has 16 heavy (non-hydrogen) atoms. The molecule has 3 nitrogen and oxygen atoms in total. The molecule has 1 aromatic heterocycles. The summed E-state index contributed by atoms with van der Waals surface area (Å²) in [6, 6.07) is 5.74. The minimum absolute atomic E-state index is 0.157. The first-order chi connectivity index (χ1) is 7.47. The molecule has 0 fully saturated rings. The van der Waals surface area contributed by atoms with Gasteiger partial charge in [0.15, 0.2) is 0 Å². The van der Waals surface area contributed by atoms with Crippen LogP contribution in [0.3, 0.4) is 0 Å². The Morgan fingerprint density at radius 3 is 2.75 bits per heavy atom. The topological polar surface area (TPSA) is 39.2 Å². The van der Waals surface area contributed by atoms with E-state index in [0.717, 1.165) is 5.03 Å². The van der Waals surface area contributed by atoms with Crippen LogP contribution in [0.25, 0.3) is 0 Å². The first-order valence-electron chi connectivity index (χ1n) is 5.23. The third kappa shape index (κ3) is 5.75. The molecule has 0 spiro atoms. The summed E-state index contributed by atoms with van der Waals surface area (Å²) in [4.78, 5) is 15.6. The van der Waals surface area contributed by atoms with Gasteiger partial charge < -0.3 is 4.74 Å². The van der Waals surface area contributed by atoms with E-state index >= 15 is 0 Å². The number of thioether (sulfide) groups is 1. The Kier molecular flexibility index (Phi) is 4.80. The minimum atomic E-state index is -0.396. The lowest BCUT2D eigenvalue weighted by molar-refractivity contribution is -0.154. The molecule has 0 N–H and O–H groups in total. The molecule has 1 aromatic rings. The van der Waals surface area contributed by atoms with Crippen molar-refractivity contribution in [2.45, 2.75) is 37.8 Å². The van der Waals surface area contributed by atoms with Gasteiger partial charge >= 0.3 is 5.97 Å². The number of carbonyl (C=O) groups is 1. The van der Waals surface area contributed by atoms with Crippen molar-refractivity contribution < 1.29 is 9.53 Å². The van der Waals surface area contributed by atoms with Crippen molar-refractivity contribution in [1.82, 2.24) is 4.98 Å². The molecular formula is C12H17NO2S. The maximum absolute atomic E-state index is 11.4. The van der Waals surface area contributed by atoms with E-state index in [1.807, 2.05) is 39.0 Å². The first kappa shape index (κ1) is 13.0. The first-order valence-corrected chi connectivity index (χ1v) is 6.21. The highest BCUT2D eigenvalue weighted by molar-refractivity contribution is 7.99. The zero-order valence-corrected chi connectivity index (χ0v) is 10.7. The third-order valence-corrected chi connectivity index (χ3v) is 2.56. The maximum atomic E-state index is 11.4. The van der Waals surface area contributed by atoms with Crippen LogP contribution in [0.4, 0.5) is 0 Å². The number of hydrogen-bond acceptors (Lipinski definition) is 4. The molecule has 0 unspecified atom stereocenters. The second kappa shape index (κ2) is 5.89. The van der Waals surface area contributed by atoms with Gasteiger partial charge in [-0.05, 0) is 32.9 Å². The number of ether oxygens (including phenoxy) is 1. The molecule has 1 heterocycles. The summed E-state index contributed by atoms with van der Waals surface area (Å²) in [6.07, 6.45) is 2.16. The monoisotopic (exact) mass is 239 g/mol. The van der Waals surface area contributed by atoms with Crippen LogP contribution in [-0.4, -0.2) is 22.3 Å². The normalized spacial score (nSPS) is 11.2. The van der Waals surface area contributed by atoms with Crippen molar-refractivity contribution in [2.24, 2.45) is 0 Å². The number of aromatic nitrogens is 1. The summed E-state index contributed by atoms with van der Waals surface area (Å²) < 4.78 is 5.20. The molecule has 0 saturated heterocycles. The van der Waals surface area contributed by atoms with Crippen LogP contribution in [0, 0.1) is 0 Å². The van der Waals surface area contributed by atoms with Crippen LogP contribution in [0.1, 0.15) is 27.2 Å². The van der Waals surface area contributed by atoms with E-state index in [4.69, 9.17) is 4.74 Å². The van der Waals surface area contributed by atoms with Crippen molar-refractivity contribution in [3.05, 3.63) is 24.4 Å². The number of carbonyl (C=O) groups excluding carboxylic acids is 1. The quantitative estimate of drug-likeness (QED) is 0.598. The van der Waals surface area contributed by atoms with E-state index in [1.54, 1.807) is 18.0 Å². The van der Waals surface area contributed by atoms with Crippen LogP contribution in [0.2, 0.25) is 0 Å². The molecular weight excluding hydrogens is 222 g/mol. The van der Waals surface area contributed by atoms with E-state index < -0.39 is 5.60 Å². The summed E-state index contributed by atoms with van der Waals surface area (Å²) in [5.74, 6) is 0.544. The highest BCUT2D eigenvalue weighted by atomic mass is 32.2. The fraction of sp³-hybridized carbons (Fsp3) is 0.500. The van der Waals surface area contributed by atoms with Crippen LogP contribution in [-0.2, 0) is 9.53 Å². The van der Waals surface area contributed by atoms with Gasteiger partial charge in [0.05, 0.1) is 11.4 Å². The lowest BCUT2D eigenvalue weighted by Gasteiger charge is -2.19. The zero-order chi connectivity index (χ0) is 12.0. The Labute approximate surface area is 101 Å². The Balaban J connectivity index is 2.24. The molecule has 1 rings (SSSR count). The second-order valence-electron chi connectivity index (χ2n) is 4.35. The van der Waals surface area contributed by atoms with Crippen LogP contribution >= 0.6 is 11.8 Å². The second-order valence-corrected chi connectivity index (χ2v) is 5.47. The molecule has 0 aliphatic rings. The predicted molar refractivity (Wildman–Crippen MR) is 65.4 cm³/mol. The highest BCUT2D eigenvalue weighted by Gasteiger charge is 2.15. The Morgan fingerprint density at radius 2 is 2.19 bits per heavy atom. The Hall–Kier alpha value is -1.03. The number of esters is 1. The molecule has 0 radical (unpaired) electrons. The van der Waals surface area contributed by atoms with E-state index in [9.17, 15) is 4.79 Å². The molecule has 0 aliphatic heterocycles. The summed E-state index contributed by atoms with van der Waals surface area (Å²) in [7, 11) is 0. The number of rotatable bonds is 4. The van der Waals surface area contributed by atoms with E-state index in [2.05, 4.69) is 4.98 Å². The average Bonchev–Trinajstić information content (AvgIpc) is 2.16. The zero-order valence-electron chi connectivity index (χ0n) is 9.90. The average molecular weight is 239 g/mol. The van der Waals surface area contributed by atoms with Crippen molar-refractivity contribution >= 4 is 17.7 Å². The molecule has 0 aliphatic carbocycles. The standard InChI is InChI=1S/C12H17NO2S/c1-12(2,3)15-11(14)7-9-16-10-6-4-5-8-13-10/h4-6,8H,7,9H2,1-3H3. The molecule has 0 aromatic carbocycles. The molecule has 0 atom stereocenters. The van der Waals surface area contributed by atoms with Gasteiger partial charge in [0.1, 0.15) is 5.60 Å². The van der Waals surface area contributed by atoms with Crippen molar-refractivity contribution in [3.63, 3.8) is 0 Å². The molecule has 4 heteroatoms. The van der Waals surface area contributed by atoms with Gasteiger partial charge in [-0.1, -0.05) is 6.07 Å². The molecule has 0 saturated carbocycles. The maximum Gasteiger partial charge on any atom is 0.307 e. The van der Waals surface area contributed by atoms with E-state index in [0.29, 0.717) is 12.2 Å². The summed E-state index contributed by atoms with van der Waals surface area (Å²) in [6.45, 7) is 5.62. The van der Waals surface area contributed by atoms with Crippen LogP contribution in [0.15, 0.2) is 29.4 Å². The fourth-order valence-corrected chi connectivity index (χ4v) is 1.85. The summed E-state index contributed by atoms with van der Waals surface area (Å²) in [5.41, 5.74) is -0.396.